The average molecular weight is 465 g/mol. The topological polar surface area (TPSA) is 42.7 Å². The largest absolute Gasteiger partial charge is 0.486 e. The number of aryl methyl sites for hydroxylation is 1. The average Bonchev–Trinajstić information content (AvgIpc) is 3.20. The molecule has 2 aromatic carbocycles. The molecule has 2 aliphatic heterocycles. The van der Waals surface area contributed by atoms with Crippen LogP contribution in [-0.4, -0.2) is 43.7 Å². The van der Waals surface area contributed by atoms with Crippen molar-refractivity contribution in [2.24, 2.45) is 0 Å². The van der Waals surface area contributed by atoms with Crippen molar-refractivity contribution in [1.29, 1.82) is 0 Å². The van der Waals surface area contributed by atoms with Crippen LogP contribution in [0.2, 0.25) is 0 Å². The second-order valence-corrected chi connectivity index (χ2v) is 10.7. The molecule has 0 amide bonds. The Kier molecular flexibility index (Phi) is 4.95. The summed E-state index contributed by atoms with van der Waals surface area (Å²) in [7, 11) is 0. The van der Waals surface area contributed by atoms with Crippen molar-refractivity contribution in [1.82, 2.24) is 19.5 Å². The van der Waals surface area contributed by atoms with E-state index in [0.717, 1.165) is 58.7 Å². The van der Waals surface area contributed by atoms with Crippen LogP contribution in [0.4, 0.5) is 0 Å². The summed E-state index contributed by atoms with van der Waals surface area (Å²) < 4.78 is 8.44. The Bertz CT molecular complexity index is 1350. The Hall–Kier alpha value is -3.18. The maximum Gasteiger partial charge on any atom is 0.162 e. The minimum atomic E-state index is 0.0354. The van der Waals surface area contributed by atoms with E-state index in [9.17, 15) is 0 Å². The number of benzene rings is 2. The van der Waals surface area contributed by atoms with Crippen molar-refractivity contribution in [2.45, 2.75) is 69.6 Å². The van der Waals surface area contributed by atoms with Gasteiger partial charge in [0.15, 0.2) is 5.65 Å². The summed E-state index contributed by atoms with van der Waals surface area (Å²) in [5, 5.41) is 4.60. The molecule has 0 unspecified atom stereocenters. The van der Waals surface area contributed by atoms with Crippen molar-refractivity contribution in [2.75, 3.05) is 6.54 Å². The monoisotopic (exact) mass is 464 g/mol. The predicted molar refractivity (Wildman–Crippen MR) is 139 cm³/mol. The third-order valence-electron chi connectivity index (χ3n) is 8.41. The molecule has 2 aromatic heterocycles. The fourth-order valence-electron chi connectivity index (χ4n) is 6.19. The molecule has 35 heavy (non-hydrogen) atoms. The van der Waals surface area contributed by atoms with E-state index in [-0.39, 0.29) is 5.60 Å². The molecule has 0 radical (unpaired) electrons. The Morgan fingerprint density at radius 3 is 2.40 bits per heavy atom. The first-order valence-electron chi connectivity index (χ1n) is 13.2. The van der Waals surface area contributed by atoms with E-state index in [1.807, 2.05) is 16.9 Å². The number of hydrogen-bond donors (Lipinski definition) is 0. The van der Waals surface area contributed by atoms with Gasteiger partial charge in [-0.2, -0.15) is 5.10 Å². The first-order valence-corrected chi connectivity index (χ1v) is 13.2. The van der Waals surface area contributed by atoms with Crippen LogP contribution in [0.3, 0.4) is 0 Å². The lowest BCUT2D eigenvalue weighted by atomic mass is 10.0. The van der Waals surface area contributed by atoms with E-state index in [4.69, 9.17) is 9.72 Å². The van der Waals surface area contributed by atoms with Crippen molar-refractivity contribution in [3.8, 4) is 28.0 Å². The first-order chi connectivity index (χ1) is 17.2. The zero-order chi connectivity index (χ0) is 23.4. The van der Waals surface area contributed by atoms with Gasteiger partial charge in [-0.3, -0.25) is 4.90 Å². The van der Waals surface area contributed by atoms with Gasteiger partial charge in [0.25, 0.3) is 0 Å². The molecule has 3 fully saturated rings. The molecule has 0 N–H and O–H groups in total. The summed E-state index contributed by atoms with van der Waals surface area (Å²) in [6.07, 6.45) is 14.8. The molecule has 7 rings (SSSR count). The lowest BCUT2D eigenvalue weighted by Crippen LogP contribution is -2.40. The second-order valence-electron chi connectivity index (χ2n) is 10.7. The summed E-state index contributed by atoms with van der Waals surface area (Å²) in [5.41, 5.74) is 6.65. The zero-order valence-corrected chi connectivity index (χ0v) is 20.4. The summed E-state index contributed by atoms with van der Waals surface area (Å²) in [6.45, 7) is 3.28. The van der Waals surface area contributed by atoms with Crippen molar-refractivity contribution >= 4 is 5.65 Å². The Morgan fingerprint density at radius 1 is 0.914 bits per heavy atom. The van der Waals surface area contributed by atoms with Crippen molar-refractivity contribution in [3.63, 3.8) is 0 Å². The number of aromatic nitrogens is 3. The van der Waals surface area contributed by atoms with Gasteiger partial charge >= 0.3 is 0 Å². The van der Waals surface area contributed by atoms with Crippen LogP contribution in [0.5, 0.6) is 5.75 Å². The number of rotatable bonds is 7. The molecule has 5 heteroatoms. The molecule has 4 heterocycles. The minimum Gasteiger partial charge on any atom is -0.486 e. The van der Waals surface area contributed by atoms with Gasteiger partial charge in [0, 0.05) is 42.1 Å². The quantitative estimate of drug-likeness (QED) is 0.328. The third-order valence-corrected chi connectivity index (χ3v) is 8.41. The molecule has 3 aliphatic rings. The molecule has 1 saturated carbocycles. The Labute approximate surface area is 206 Å². The SMILES string of the molecule is CCc1cccc(-c2cnn3cc(-c4ccc(OC5(CN6C7CCC6CC7)CC5)cc4)cnc23)c1. The van der Waals surface area contributed by atoms with E-state index in [1.165, 1.54) is 44.1 Å². The Morgan fingerprint density at radius 2 is 1.69 bits per heavy atom. The molecule has 178 valence electrons. The molecule has 0 spiro atoms. The van der Waals surface area contributed by atoms with E-state index in [1.54, 1.807) is 0 Å². The number of ether oxygens (including phenoxy) is 1. The number of fused-ring (bicyclic) bond motifs is 3. The van der Waals surface area contributed by atoms with E-state index in [2.05, 4.69) is 71.7 Å². The van der Waals surface area contributed by atoms with Crippen molar-refractivity contribution < 1.29 is 4.74 Å². The van der Waals surface area contributed by atoms with Crippen molar-refractivity contribution in [3.05, 3.63) is 72.7 Å². The summed E-state index contributed by atoms with van der Waals surface area (Å²) >= 11 is 0. The second kappa shape index (κ2) is 8.20. The highest BCUT2D eigenvalue weighted by atomic mass is 16.5. The van der Waals surface area contributed by atoms with Gasteiger partial charge in [-0.1, -0.05) is 43.3 Å². The van der Waals surface area contributed by atoms with Gasteiger partial charge in [-0.05, 0) is 73.8 Å². The maximum atomic E-state index is 6.56. The van der Waals surface area contributed by atoms with Crippen LogP contribution >= 0.6 is 0 Å². The number of nitrogens with zero attached hydrogens (tertiary/aromatic N) is 4. The molecular weight excluding hydrogens is 432 g/mol. The van der Waals surface area contributed by atoms with Gasteiger partial charge in [0.1, 0.15) is 11.4 Å². The molecule has 0 atom stereocenters. The van der Waals surface area contributed by atoms with Gasteiger partial charge in [0.05, 0.1) is 6.20 Å². The maximum absolute atomic E-state index is 6.56. The van der Waals surface area contributed by atoms with Gasteiger partial charge in [0.2, 0.25) is 0 Å². The standard InChI is InChI=1S/C30H32N4O/c1-2-21-4-3-5-23(16-21)28-18-32-34-19-24(17-31-29(28)34)22-6-12-27(13-7-22)35-30(14-15-30)20-33-25-8-9-26(33)11-10-25/h3-7,12-13,16-19,25-26H,2,8-11,14-15,20H2,1H3. The van der Waals surface area contributed by atoms with E-state index < -0.39 is 0 Å². The molecule has 4 aromatic rings. The van der Waals surface area contributed by atoms with Crippen LogP contribution in [0.15, 0.2) is 67.1 Å². The fourth-order valence-corrected chi connectivity index (χ4v) is 6.19. The summed E-state index contributed by atoms with van der Waals surface area (Å²) in [5.74, 6) is 0.976. The van der Waals surface area contributed by atoms with Crippen LogP contribution in [0, 0.1) is 0 Å². The molecular formula is C30H32N4O. The number of hydrogen-bond acceptors (Lipinski definition) is 4. The Balaban J connectivity index is 1.08. The van der Waals surface area contributed by atoms with Gasteiger partial charge < -0.3 is 4.74 Å². The van der Waals surface area contributed by atoms with E-state index >= 15 is 0 Å². The smallest absolute Gasteiger partial charge is 0.162 e. The van der Waals surface area contributed by atoms with Crippen LogP contribution in [0.25, 0.3) is 27.9 Å². The molecule has 2 saturated heterocycles. The lowest BCUT2D eigenvalue weighted by molar-refractivity contribution is 0.104. The summed E-state index contributed by atoms with van der Waals surface area (Å²) in [4.78, 5) is 7.53. The highest BCUT2D eigenvalue weighted by molar-refractivity contribution is 5.78. The zero-order valence-electron chi connectivity index (χ0n) is 20.4. The first kappa shape index (κ1) is 21.1. The minimum absolute atomic E-state index is 0.0354. The van der Waals surface area contributed by atoms with E-state index in [0.29, 0.717) is 0 Å². The predicted octanol–water partition coefficient (Wildman–Crippen LogP) is 6.16. The van der Waals surface area contributed by atoms with Gasteiger partial charge in [-0.15, -0.1) is 0 Å². The van der Waals surface area contributed by atoms with Crippen LogP contribution in [-0.2, 0) is 6.42 Å². The highest BCUT2D eigenvalue weighted by Gasteiger charge is 2.51. The van der Waals surface area contributed by atoms with Crippen LogP contribution < -0.4 is 4.74 Å². The summed E-state index contributed by atoms with van der Waals surface area (Å²) in [6, 6.07) is 18.8. The normalized spacial score (nSPS) is 22.7. The van der Waals surface area contributed by atoms with Crippen LogP contribution in [0.1, 0.15) is 51.0 Å². The van der Waals surface area contributed by atoms with Gasteiger partial charge in [-0.25, -0.2) is 9.50 Å². The molecule has 2 bridgehead atoms. The molecule has 1 aliphatic carbocycles. The fraction of sp³-hybridized carbons (Fsp3) is 0.400. The highest BCUT2D eigenvalue weighted by Crippen LogP contribution is 2.46. The third kappa shape index (κ3) is 3.82. The molecule has 5 nitrogen and oxygen atoms in total. The lowest BCUT2D eigenvalue weighted by Gasteiger charge is -2.28.